The molecular weight excluding hydrogens is 320 g/mol. The Labute approximate surface area is 145 Å². The molecule has 0 fully saturated rings. The van der Waals surface area contributed by atoms with Crippen LogP contribution in [-0.4, -0.2) is 23.5 Å². The van der Waals surface area contributed by atoms with Crippen molar-refractivity contribution in [2.45, 2.75) is 26.3 Å². The van der Waals surface area contributed by atoms with Gasteiger partial charge in [-0.25, -0.2) is 9.78 Å². The minimum absolute atomic E-state index is 0.00876. The third-order valence-electron chi connectivity index (χ3n) is 3.90. The van der Waals surface area contributed by atoms with Gasteiger partial charge in [-0.05, 0) is 43.2 Å². The summed E-state index contributed by atoms with van der Waals surface area (Å²) in [6, 6.07) is 8.59. The SMILES string of the molecule is CCOc1ncccc1NC(=O)NC(C)c1ccc2c(c1)CC(=O)N2. The Bertz CT molecular complexity index is 807. The third kappa shape index (κ3) is 3.88. The maximum atomic E-state index is 12.3. The van der Waals surface area contributed by atoms with Gasteiger partial charge in [-0.15, -0.1) is 0 Å². The van der Waals surface area contributed by atoms with Crippen LogP contribution in [0, 0.1) is 0 Å². The van der Waals surface area contributed by atoms with E-state index in [2.05, 4.69) is 20.9 Å². The molecule has 1 aliphatic rings. The van der Waals surface area contributed by atoms with Crippen LogP contribution in [0.5, 0.6) is 5.88 Å². The van der Waals surface area contributed by atoms with E-state index in [0.29, 0.717) is 24.6 Å². The molecule has 0 saturated heterocycles. The van der Waals surface area contributed by atoms with Crippen LogP contribution in [0.4, 0.5) is 16.2 Å². The number of anilines is 2. The first-order valence-electron chi connectivity index (χ1n) is 8.15. The van der Waals surface area contributed by atoms with Gasteiger partial charge in [0.05, 0.1) is 19.1 Å². The minimum Gasteiger partial charge on any atom is -0.476 e. The molecule has 1 aliphatic heterocycles. The van der Waals surface area contributed by atoms with Crippen molar-refractivity contribution in [2.24, 2.45) is 0 Å². The highest BCUT2D eigenvalue weighted by atomic mass is 16.5. The Hall–Kier alpha value is -3.09. The molecule has 1 atom stereocenters. The second-order valence-electron chi connectivity index (χ2n) is 5.75. The molecule has 3 amide bonds. The summed E-state index contributed by atoms with van der Waals surface area (Å²) in [6.45, 7) is 4.21. The predicted octanol–water partition coefficient (Wildman–Crippen LogP) is 2.86. The molecule has 0 radical (unpaired) electrons. The van der Waals surface area contributed by atoms with E-state index in [1.807, 2.05) is 32.0 Å². The molecule has 2 aromatic rings. The van der Waals surface area contributed by atoms with Gasteiger partial charge < -0.3 is 20.7 Å². The van der Waals surface area contributed by atoms with E-state index in [4.69, 9.17) is 4.74 Å². The topological polar surface area (TPSA) is 92.3 Å². The molecule has 1 unspecified atom stereocenters. The zero-order valence-electron chi connectivity index (χ0n) is 14.1. The maximum absolute atomic E-state index is 12.3. The van der Waals surface area contributed by atoms with Crippen LogP contribution >= 0.6 is 0 Å². The summed E-state index contributed by atoms with van der Waals surface area (Å²) in [5, 5.41) is 8.42. The average Bonchev–Trinajstić information content (AvgIpc) is 2.95. The van der Waals surface area contributed by atoms with Crippen LogP contribution in [-0.2, 0) is 11.2 Å². The highest BCUT2D eigenvalue weighted by Crippen LogP contribution is 2.26. The van der Waals surface area contributed by atoms with E-state index in [0.717, 1.165) is 16.8 Å². The molecule has 3 rings (SSSR count). The lowest BCUT2D eigenvalue weighted by atomic mass is 10.0. The molecule has 130 valence electrons. The number of carbonyl (C=O) groups excluding carboxylic acids is 2. The van der Waals surface area contributed by atoms with Crippen molar-refractivity contribution >= 4 is 23.3 Å². The highest BCUT2D eigenvalue weighted by molar-refractivity contribution is 5.99. The second kappa shape index (κ2) is 7.21. The monoisotopic (exact) mass is 340 g/mol. The number of rotatable bonds is 5. The summed E-state index contributed by atoms with van der Waals surface area (Å²) in [7, 11) is 0. The number of hydrogen-bond acceptors (Lipinski definition) is 4. The van der Waals surface area contributed by atoms with E-state index < -0.39 is 0 Å². The molecule has 7 nitrogen and oxygen atoms in total. The zero-order chi connectivity index (χ0) is 17.8. The number of hydrogen-bond donors (Lipinski definition) is 3. The third-order valence-corrected chi connectivity index (χ3v) is 3.90. The summed E-state index contributed by atoms with van der Waals surface area (Å²) in [4.78, 5) is 27.8. The number of amides is 3. The quantitative estimate of drug-likeness (QED) is 0.780. The van der Waals surface area contributed by atoms with Crippen LogP contribution in [0.3, 0.4) is 0 Å². The first-order valence-corrected chi connectivity index (χ1v) is 8.15. The zero-order valence-corrected chi connectivity index (χ0v) is 14.1. The van der Waals surface area contributed by atoms with E-state index in [9.17, 15) is 9.59 Å². The van der Waals surface area contributed by atoms with Crippen LogP contribution < -0.4 is 20.7 Å². The van der Waals surface area contributed by atoms with Gasteiger partial charge >= 0.3 is 6.03 Å². The van der Waals surface area contributed by atoms with Gasteiger partial charge in [0.25, 0.3) is 0 Å². The molecule has 1 aromatic carbocycles. The second-order valence-corrected chi connectivity index (χ2v) is 5.75. The van der Waals surface area contributed by atoms with E-state index in [-0.39, 0.29) is 18.0 Å². The van der Waals surface area contributed by atoms with Crippen LogP contribution in [0.2, 0.25) is 0 Å². The van der Waals surface area contributed by atoms with Crippen molar-refractivity contribution in [3.05, 3.63) is 47.7 Å². The lowest BCUT2D eigenvalue weighted by molar-refractivity contribution is -0.115. The minimum atomic E-state index is -0.351. The largest absolute Gasteiger partial charge is 0.476 e. The van der Waals surface area contributed by atoms with Gasteiger partial charge in [0, 0.05) is 11.9 Å². The molecule has 0 saturated carbocycles. The average molecular weight is 340 g/mol. The van der Waals surface area contributed by atoms with Gasteiger partial charge in [0.1, 0.15) is 5.69 Å². The fourth-order valence-corrected chi connectivity index (χ4v) is 2.69. The Morgan fingerprint density at radius 3 is 3.04 bits per heavy atom. The van der Waals surface area contributed by atoms with Crippen molar-refractivity contribution in [1.29, 1.82) is 0 Å². The lowest BCUT2D eigenvalue weighted by Crippen LogP contribution is -2.31. The first kappa shape index (κ1) is 16.8. The highest BCUT2D eigenvalue weighted by Gasteiger charge is 2.19. The van der Waals surface area contributed by atoms with Crippen molar-refractivity contribution in [2.75, 3.05) is 17.2 Å². The summed E-state index contributed by atoms with van der Waals surface area (Å²) < 4.78 is 5.40. The number of nitrogens with zero attached hydrogens (tertiary/aromatic N) is 1. The van der Waals surface area contributed by atoms with Gasteiger partial charge in [-0.1, -0.05) is 12.1 Å². The number of urea groups is 1. The lowest BCUT2D eigenvalue weighted by Gasteiger charge is -2.17. The number of aromatic nitrogens is 1. The fraction of sp³-hybridized carbons (Fsp3) is 0.278. The smallest absolute Gasteiger partial charge is 0.319 e. The van der Waals surface area contributed by atoms with Crippen molar-refractivity contribution in [3.63, 3.8) is 0 Å². The predicted molar refractivity (Wildman–Crippen MR) is 94.8 cm³/mol. The first-order chi connectivity index (χ1) is 12.1. The summed E-state index contributed by atoms with van der Waals surface area (Å²) in [6.07, 6.45) is 1.98. The van der Waals surface area contributed by atoms with E-state index >= 15 is 0 Å². The van der Waals surface area contributed by atoms with Crippen molar-refractivity contribution in [3.8, 4) is 5.88 Å². The van der Waals surface area contributed by atoms with Gasteiger partial charge in [0.15, 0.2) is 0 Å². The molecule has 2 heterocycles. The Morgan fingerprint density at radius 1 is 1.40 bits per heavy atom. The Morgan fingerprint density at radius 2 is 2.24 bits per heavy atom. The Kier molecular flexibility index (Phi) is 4.83. The van der Waals surface area contributed by atoms with E-state index in [1.165, 1.54) is 0 Å². The van der Waals surface area contributed by atoms with Crippen LogP contribution in [0.15, 0.2) is 36.5 Å². The standard InChI is InChI=1S/C18H20N4O3/c1-3-25-17-15(5-4-8-19-17)22-18(24)20-11(2)12-6-7-14-13(9-12)10-16(23)21-14/h4-9,11H,3,10H2,1-2H3,(H,21,23)(H2,20,22,24). The number of fused-ring (bicyclic) bond motifs is 1. The number of pyridine rings is 1. The van der Waals surface area contributed by atoms with Gasteiger partial charge in [0.2, 0.25) is 11.8 Å². The van der Waals surface area contributed by atoms with Crippen molar-refractivity contribution < 1.29 is 14.3 Å². The maximum Gasteiger partial charge on any atom is 0.319 e. The summed E-state index contributed by atoms with van der Waals surface area (Å²) in [5.41, 5.74) is 3.23. The van der Waals surface area contributed by atoms with Crippen LogP contribution in [0.25, 0.3) is 0 Å². The number of benzene rings is 1. The van der Waals surface area contributed by atoms with Crippen molar-refractivity contribution in [1.82, 2.24) is 10.3 Å². The molecule has 0 bridgehead atoms. The van der Waals surface area contributed by atoms with E-state index in [1.54, 1.807) is 18.3 Å². The molecule has 1 aromatic heterocycles. The summed E-state index contributed by atoms with van der Waals surface area (Å²) in [5.74, 6) is 0.375. The molecule has 25 heavy (non-hydrogen) atoms. The summed E-state index contributed by atoms with van der Waals surface area (Å²) >= 11 is 0. The van der Waals surface area contributed by atoms with Gasteiger partial charge in [-0.2, -0.15) is 0 Å². The van der Waals surface area contributed by atoms with Crippen LogP contribution in [0.1, 0.15) is 31.0 Å². The Balaban J connectivity index is 1.65. The molecule has 0 spiro atoms. The number of nitrogens with one attached hydrogen (secondary N) is 3. The molecule has 3 N–H and O–H groups in total. The fourth-order valence-electron chi connectivity index (χ4n) is 2.69. The molecular formula is C18H20N4O3. The normalized spacial score (nSPS) is 13.6. The van der Waals surface area contributed by atoms with Gasteiger partial charge in [-0.3, -0.25) is 4.79 Å². The number of carbonyl (C=O) groups is 2. The molecule has 0 aliphatic carbocycles. The number of ether oxygens (including phenoxy) is 1. The molecule has 7 heteroatoms.